The molecule has 0 unspecified atom stereocenters. The summed E-state index contributed by atoms with van der Waals surface area (Å²) in [5, 5.41) is 12.1. The first-order valence-electron chi connectivity index (χ1n) is 12.9. The van der Waals surface area contributed by atoms with Crippen molar-refractivity contribution in [2.45, 2.75) is 38.8 Å². The molecule has 37 heavy (non-hydrogen) atoms. The molecule has 0 bridgehead atoms. The SMILES string of the molecule is C[C@@H]1CN(c2ccc(C(=O)Nc3cc(F)c4nn(C)cc4c3)c3nc(N4CCCC4)ncc23)C[C@H](C)N1. The lowest BCUT2D eigenvalue weighted by molar-refractivity contribution is 0.102. The zero-order valence-electron chi connectivity index (χ0n) is 21.3. The molecule has 4 aromatic rings. The Kier molecular flexibility index (Phi) is 5.91. The molecule has 1 amide bonds. The number of anilines is 3. The second kappa shape index (κ2) is 9.26. The summed E-state index contributed by atoms with van der Waals surface area (Å²) in [4.78, 5) is 27.7. The summed E-state index contributed by atoms with van der Waals surface area (Å²) in [5.74, 6) is -0.178. The molecule has 0 saturated carbocycles. The number of carbonyl (C=O) groups excluding carboxylic acids is 1. The van der Waals surface area contributed by atoms with Crippen LogP contribution in [0.3, 0.4) is 0 Å². The molecule has 2 aliphatic heterocycles. The molecule has 2 saturated heterocycles. The number of nitrogens with one attached hydrogen (secondary N) is 2. The van der Waals surface area contributed by atoms with Gasteiger partial charge in [0, 0.05) is 79.9 Å². The van der Waals surface area contributed by atoms with E-state index in [9.17, 15) is 9.18 Å². The van der Waals surface area contributed by atoms with Crippen molar-refractivity contribution in [3.8, 4) is 0 Å². The van der Waals surface area contributed by atoms with Gasteiger partial charge < -0.3 is 20.4 Å². The van der Waals surface area contributed by atoms with Gasteiger partial charge in [0.2, 0.25) is 5.95 Å². The van der Waals surface area contributed by atoms with E-state index in [1.807, 2.05) is 18.3 Å². The average Bonchev–Trinajstić information content (AvgIpc) is 3.52. The van der Waals surface area contributed by atoms with E-state index in [2.05, 4.69) is 39.4 Å². The number of nitrogens with zero attached hydrogens (tertiary/aromatic N) is 6. The van der Waals surface area contributed by atoms with Crippen molar-refractivity contribution in [2.24, 2.45) is 7.05 Å². The van der Waals surface area contributed by atoms with E-state index < -0.39 is 5.82 Å². The molecule has 2 fully saturated rings. The highest BCUT2D eigenvalue weighted by Gasteiger charge is 2.25. The fourth-order valence-corrected chi connectivity index (χ4v) is 5.63. The fraction of sp³-hybridized carbons (Fsp3) is 0.407. The lowest BCUT2D eigenvalue weighted by Crippen LogP contribution is -2.54. The van der Waals surface area contributed by atoms with Crippen molar-refractivity contribution in [1.82, 2.24) is 25.1 Å². The monoisotopic (exact) mass is 502 g/mol. The van der Waals surface area contributed by atoms with Crippen LogP contribution in [0, 0.1) is 5.82 Å². The van der Waals surface area contributed by atoms with Crippen molar-refractivity contribution in [2.75, 3.05) is 41.3 Å². The largest absolute Gasteiger partial charge is 0.368 e. The summed E-state index contributed by atoms with van der Waals surface area (Å²) < 4.78 is 16.2. The molecule has 9 nitrogen and oxygen atoms in total. The Morgan fingerprint density at radius 1 is 1.08 bits per heavy atom. The quantitative estimate of drug-likeness (QED) is 0.440. The van der Waals surface area contributed by atoms with Crippen molar-refractivity contribution >= 4 is 45.0 Å². The van der Waals surface area contributed by atoms with Crippen LogP contribution >= 0.6 is 0 Å². The molecule has 2 N–H and O–H groups in total. The lowest BCUT2D eigenvalue weighted by Gasteiger charge is -2.38. The number of benzene rings is 2. The van der Waals surface area contributed by atoms with Crippen LogP contribution in [0.15, 0.2) is 36.7 Å². The van der Waals surface area contributed by atoms with Gasteiger partial charge in [-0.3, -0.25) is 9.48 Å². The Labute approximate surface area is 214 Å². The molecule has 192 valence electrons. The van der Waals surface area contributed by atoms with Gasteiger partial charge in [0.1, 0.15) is 5.52 Å². The first-order chi connectivity index (χ1) is 17.9. The lowest BCUT2D eigenvalue weighted by atomic mass is 10.0. The number of aromatic nitrogens is 4. The normalized spacial score (nSPS) is 20.2. The predicted molar refractivity (Wildman–Crippen MR) is 144 cm³/mol. The topological polar surface area (TPSA) is 91.2 Å². The average molecular weight is 503 g/mol. The summed E-state index contributed by atoms with van der Waals surface area (Å²) in [5.41, 5.74) is 2.71. The van der Waals surface area contributed by atoms with Crippen LogP contribution in [0.25, 0.3) is 21.8 Å². The van der Waals surface area contributed by atoms with E-state index in [0.717, 1.165) is 50.1 Å². The molecule has 4 heterocycles. The number of aryl methyl sites for hydroxylation is 1. The number of amides is 1. The summed E-state index contributed by atoms with van der Waals surface area (Å²) in [7, 11) is 1.74. The molecular weight excluding hydrogens is 471 g/mol. The maximum atomic E-state index is 14.6. The van der Waals surface area contributed by atoms with Gasteiger partial charge in [-0.2, -0.15) is 5.10 Å². The molecule has 2 aromatic carbocycles. The van der Waals surface area contributed by atoms with Gasteiger partial charge in [-0.05, 0) is 51.0 Å². The fourth-order valence-electron chi connectivity index (χ4n) is 5.63. The highest BCUT2D eigenvalue weighted by molar-refractivity contribution is 6.14. The molecule has 2 aromatic heterocycles. The molecule has 2 aliphatic rings. The van der Waals surface area contributed by atoms with E-state index in [-0.39, 0.29) is 11.4 Å². The zero-order chi connectivity index (χ0) is 25.7. The zero-order valence-corrected chi connectivity index (χ0v) is 21.3. The van der Waals surface area contributed by atoms with Gasteiger partial charge in [0.05, 0.1) is 11.1 Å². The van der Waals surface area contributed by atoms with Gasteiger partial charge in [-0.15, -0.1) is 0 Å². The van der Waals surface area contributed by atoms with Crippen molar-refractivity contribution in [3.05, 3.63) is 48.0 Å². The van der Waals surface area contributed by atoms with E-state index in [1.165, 1.54) is 6.07 Å². The van der Waals surface area contributed by atoms with E-state index >= 15 is 0 Å². The third-order valence-electron chi connectivity index (χ3n) is 7.18. The maximum Gasteiger partial charge on any atom is 0.257 e. The molecular formula is C27H31FN8O. The van der Waals surface area contributed by atoms with Gasteiger partial charge in [-0.25, -0.2) is 14.4 Å². The smallest absolute Gasteiger partial charge is 0.257 e. The molecule has 0 radical (unpaired) electrons. The minimum absolute atomic E-state index is 0.276. The second-order valence-corrected chi connectivity index (χ2v) is 10.3. The Balaban J connectivity index is 1.41. The summed E-state index contributed by atoms with van der Waals surface area (Å²) in [6.07, 6.45) is 5.78. The Morgan fingerprint density at radius 3 is 2.59 bits per heavy atom. The van der Waals surface area contributed by atoms with Gasteiger partial charge in [0.25, 0.3) is 5.91 Å². The van der Waals surface area contributed by atoms with Gasteiger partial charge in [0.15, 0.2) is 5.82 Å². The maximum absolute atomic E-state index is 14.6. The number of piperazine rings is 1. The van der Waals surface area contributed by atoms with Crippen LogP contribution in [0.2, 0.25) is 0 Å². The number of fused-ring (bicyclic) bond motifs is 2. The standard InChI is InChI=1S/C27H31FN8O/c1-16-13-36(14-17(2)30-16)23-7-6-20(25-21(23)12-29-27(32-25)35-8-4-5-9-35)26(37)31-19-10-18-15-34(3)33-24(18)22(28)11-19/h6-7,10-12,15-17,30H,4-5,8-9,13-14H2,1-3H3,(H,31,37)/t16-,17+. The number of halogens is 1. The van der Waals surface area contributed by atoms with Crippen LogP contribution in [-0.4, -0.2) is 63.9 Å². The highest BCUT2D eigenvalue weighted by Crippen LogP contribution is 2.32. The number of carbonyl (C=O) groups is 1. The van der Waals surface area contributed by atoms with Gasteiger partial charge in [-0.1, -0.05) is 0 Å². The summed E-state index contributed by atoms with van der Waals surface area (Å²) >= 11 is 0. The predicted octanol–water partition coefficient (Wildman–Crippen LogP) is 3.69. The first kappa shape index (κ1) is 23.6. The Bertz CT molecular complexity index is 1490. The number of hydrogen-bond donors (Lipinski definition) is 2. The minimum atomic E-state index is -0.478. The van der Waals surface area contributed by atoms with Crippen LogP contribution in [0.4, 0.5) is 21.7 Å². The van der Waals surface area contributed by atoms with Crippen molar-refractivity contribution < 1.29 is 9.18 Å². The third kappa shape index (κ3) is 4.46. The molecule has 6 rings (SSSR count). The van der Waals surface area contributed by atoms with Crippen LogP contribution < -0.4 is 20.4 Å². The highest BCUT2D eigenvalue weighted by atomic mass is 19.1. The number of rotatable bonds is 4. The minimum Gasteiger partial charge on any atom is -0.368 e. The number of hydrogen-bond acceptors (Lipinski definition) is 7. The molecule has 0 aliphatic carbocycles. The first-order valence-corrected chi connectivity index (χ1v) is 12.9. The molecule has 0 spiro atoms. The molecule has 2 atom stereocenters. The Morgan fingerprint density at radius 2 is 1.84 bits per heavy atom. The van der Waals surface area contributed by atoms with E-state index in [1.54, 1.807) is 24.0 Å². The van der Waals surface area contributed by atoms with Crippen LogP contribution in [0.1, 0.15) is 37.0 Å². The van der Waals surface area contributed by atoms with E-state index in [0.29, 0.717) is 40.2 Å². The van der Waals surface area contributed by atoms with Crippen molar-refractivity contribution in [3.63, 3.8) is 0 Å². The van der Waals surface area contributed by atoms with Crippen LogP contribution in [-0.2, 0) is 7.05 Å². The van der Waals surface area contributed by atoms with Crippen LogP contribution in [0.5, 0.6) is 0 Å². The molecule has 10 heteroatoms. The van der Waals surface area contributed by atoms with Crippen molar-refractivity contribution in [1.29, 1.82) is 0 Å². The third-order valence-corrected chi connectivity index (χ3v) is 7.18. The van der Waals surface area contributed by atoms with Gasteiger partial charge >= 0.3 is 0 Å². The van der Waals surface area contributed by atoms with E-state index in [4.69, 9.17) is 9.97 Å². The second-order valence-electron chi connectivity index (χ2n) is 10.3. The summed E-state index contributed by atoms with van der Waals surface area (Å²) in [6, 6.07) is 7.51. The Hall–Kier alpha value is -3.79. The summed E-state index contributed by atoms with van der Waals surface area (Å²) in [6.45, 7) is 7.86.